The second-order valence-corrected chi connectivity index (χ2v) is 5.67. The van der Waals surface area contributed by atoms with Gasteiger partial charge in [-0.1, -0.05) is 25.7 Å². The van der Waals surface area contributed by atoms with Crippen LogP contribution in [-0.2, 0) is 4.79 Å². The molecule has 92 valence electrons. The van der Waals surface area contributed by atoms with E-state index >= 15 is 0 Å². The molecule has 2 fully saturated rings. The molecule has 2 aliphatic rings. The van der Waals surface area contributed by atoms with E-state index in [0.29, 0.717) is 12.6 Å². The third kappa shape index (κ3) is 3.21. The van der Waals surface area contributed by atoms with Crippen molar-refractivity contribution in [3.8, 4) is 0 Å². The van der Waals surface area contributed by atoms with Crippen LogP contribution in [0.3, 0.4) is 0 Å². The molecule has 3 nitrogen and oxygen atoms in total. The first-order chi connectivity index (χ1) is 7.68. The molecule has 0 atom stereocenters. The molecule has 16 heavy (non-hydrogen) atoms. The summed E-state index contributed by atoms with van der Waals surface area (Å²) in [6.45, 7) is 2.73. The molecular formula is C13H24N2O. The molecule has 3 heteroatoms. The predicted octanol–water partition coefficient (Wildman–Crippen LogP) is 1.97. The van der Waals surface area contributed by atoms with Crippen molar-refractivity contribution >= 4 is 5.91 Å². The van der Waals surface area contributed by atoms with E-state index in [0.717, 1.165) is 0 Å². The average Bonchev–Trinajstić information content (AvgIpc) is 2.88. The van der Waals surface area contributed by atoms with Gasteiger partial charge in [-0.25, -0.2) is 0 Å². The Bertz CT molecular complexity index is 240. The Morgan fingerprint density at radius 2 is 1.81 bits per heavy atom. The normalized spacial score (nSPS) is 24.8. The van der Waals surface area contributed by atoms with E-state index in [9.17, 15) is 4.79 Å². The van der Waals surface area contributed by atoms with Crippen LogP contribution in [0.2, 0.25) is 0 Å². The Labute approximate surface area is 98.4 Å². The number of hydrogen-bond acceptors (Lipinski definition) is 2. The summed E-state index contributed by atoms with van der Waals surface area (Å²) in [5, 5.41) is 6.54. The number of amides is 1. The van der Waals surface area contributed by atoms with Crippen LogP contribution in [0.15, 0.2) is 0 Å². The van der Waals surface area contributed by atoms with E-state index < -0.39 is 0 Å². The summed E-state index contributed by atoms with van der Waals surface area (Å²) in [7, 11) is 0. The van der Waals surface area contributed by atoms with Gasteiger partial charge in [0.1, 0.15) is 0 Å². The molecule has 2 rings (SSSR count). The lowest BCUT2D eigenvalue weighted by Crippen LogP contribution is -2.47. The quantitative estimate of drug-likeness (QED) is 0.766. The molecule has 2 N–H and O–H groups in total. The van der Waals surface area contributed by atoms with Crippen molar-refractivity contribution in [2.24, 2.45) is 0 Å². The highest BCUT2D eigenvalue weighted by Gasteiger charge is 2.28. The van der Waals surface area contributed by atoms with Gasteiger partial charge in [0.2, 0.25) is 5.91 Å². The number of hydrogen-bond donors (Lipinski definition) is 2. The van der Waals surface area contributed by atoms with Crippen LogP contribution in [0.4, 0.5) is 0 Å². The van der Waals surface area contributed by atoms with Crippen molar-refractivity contribution in [3.05, 3.63) is 0 Å². The maximum Gasteiger partial charge on any atom is 0.234 e. The zero-order valence-electron chi connectivity index (χ0n) is 10.3. The first-order valence-corrected chi connectivity index (χ1v) is 6.72. The molecule has 2 aliphatic carbocycles. The fraction of sp³-hybridized carbons (Fsp3) is 0.923. The van der Waals surface area contributed by atoms with E-state index in [1.165, 1.54) is 51.4 Å². The lowest BCUT2D eigenvalue weighted by molar-refractivity contribution is -0.121. The van der Waals surface area contributed by atoms with Crippen molar-refractivity contribution in [1.29, 1.82) is 0 Å². The van der Waals surface area contributed by atoms with E-state index in [2.05, 4.69) is 17.6 Å². The van der Waals surface area contributed by atoms with Crippen molar-refractivity contribution in [2.75, 3.05) is 6.54 Å². The van der Waals surface area contributed by atoms with Crippen LogP contribution < -0.4 is 10.6 Å². The summed E-state index contributed by atoms with van der Waals surface area (Å²) in [5.41, 5.74) is 0.215. The molecule has 0 aromatic carbocycles. The van der Waals surface area contributed by atoms with Gasteiger partial charge < -0.3 is 10.6 Å². The summed E-state index contributed by atoms with van der Waals surface area (Å²) < 4.78 is 0. The highest BCUT2D eigenvalue weighted by molar-refractivity contribution is 5.78. The summed E-state index contributed by atoms with van der Waals surface area (Å²) in [6.07, 6.45) is 9.91. The van der Waals surface area contributed by atoms with Gasteiger partial charge in [-0.3, -0.25) is 4.79 Å². The first-order valence-electron chi connectivity index (χ1n) is 6.72. The van der Waals surface area contributed by atoms with E-state index in [1.807, 2.05) is 0 Å². The molecule has 0 saturated heterocycles. The van der Waals surface area contributed by atoms with Crippen molar-refractivity contribution in [1.82, 2.24) is 10.6 Å². The Morgan fingerprint density at radius 3 is 2.44 bits per heavy atom. The monoisotopic (exact) mass is 224 g/mol. The lowest BCUT2D eigenvalue weighted by Gasteiger charge is -2.25. The second-order valence-electron chi connectivity index (χ2n) is 5.67. The van der Waals surface area contributed by atoms with Gasteiger partial charge in [-0.15, -0.1) is 0 Å². The number of carbonyl (C=O) groups is 1. The SMILES string of the molecule is CC1(NCC(=O)NC2CCCC2)CCCC1. The Hall–Kier alpha value is -0.570. The third-order valence-electron chi connectivity index (χ3n) is 4.10. The fourth-order valence-corrected chi connectivity index (χ4v) is 2.97. The van der Waals surface area contributed by atoms with Crippen LogP contribution in [0.5, 0.6) is 0 Å². The predicted molar refractivity (Wildman–Crippen MR) is 65.3 cm³/mol. The summed E-state index contributed by atoms with van der Waals surface area (Å²) >= 11 is 0. The largest absolute Gasteiger partial charge is 0.352 e. The molecule has 0 unspecified atom stereocenters. The topological polar surface area (TPSA) is 41.1 Å². The zero-order valence-corrected chi connectivity index (χ0v) is 10.3. The van der Waals surface area contributed by atoms with Gasteiger partial charge in [0, 0.05) is 11.6 Å². The Kier molecular flexibility index (Phi) is 3.85. The molecule has 0 radical (unpaired) electrons. The smallest absolute Gasteiger partial charge is 0.234 e. The minimum Gasteiger partial charge on any atom is -0.352 e. The number of nitrogens with one attached hydrogen (secondary N) is 2. The highest BCUT2D eigenvalue weighted by Crippen LogP contribution is 2.28. The Morgan fingerprint density at radius 1 is 1.19 bits per heavy atom. The molecule has 0 bridgehead atoms. The molecule has 0 spiro atoms. The van der Waals surface area contributed by atoms with Crippen LogP contribution in [0.25, 0.3) is 0 Å². The van der Waals surface area contributed by atoms with Gasteiger partial charge >= 0.3 is 0 Å². The average molecular weight is 224 g/mol. The molecule has 0 aromatic rings. The van der Waals surface area contributed by atoms with Crippen molar-refractivity contribution < 1.29 is 4.79 Å². The standard InChI is InChI=1S/C13H24N2O/c1-13(8-4-5-9-13)14-10-12(16)15-11-6-2-3-7-11/h11,14H,2-10H2,1H3,(H,15,16). The van der Waals surface area contributed by atoms with Crippen molar-refractivity contribution in [3.63, 3.8) is 0 Å². The minimum absolute atomic E-state index is 0.181. The number of carbonyl (C=O) groups excluding carboxylic acids is 1. The minimum atomic E-state index is 0.181. The highest BCUT2D eigenvalue weighted by atomic mass is 16.2. The molecular weight excluding hydrogens is 200 g/mol. The maximum atomic E-state index is 11.7. The summed E-state index contributed by atoms with van der Waals surface area (Å²) in [5.74, 6) is 0.181. The van der Waals surface area contributed by atoms with E-state index in [-0.39, 0.29) is 11.4 Å². The molecule has 1 amide bonds. The summed E-state index contributed by atoms with van der Waals surface area (Å²) in [4.78, 5) is 11.7. The Balaban J connectivity index is 1.66. The van der Waals surface area contributed by atoms with Gasteiger partial charge in [-0.2, -0.15) is 0 Å². The van der Waals surface area contributed by atoms with Gasteiger partial charge in [0.25, 0.3) is 0 Å². The molecule has 0 aromatic heterocycles. The molecule has 2 saturated carbocycles. The van der Waals surface area contributed by atoms with Gasteiger partial charge in [0.05, 0.1) is 6.54 Å². The lowest BCUT2D eigenvalue weighted by atomic mass is 10.0. The van der Waals surface area contributed by atoms with Crippen LogP contribution in [-0.4, -0.2) is 24.0 Å². The van der Waals surface area contributed by atoms with Crippen LogP contribution in [0, 0.1) is 0 Å². The maximum absolute atomic E-state index is 11.7. The van der Waals surface area contributed by atoms with Crippen LogP contribution >= 0.6 is 0 Å². The van der Waals surface area contributed by atoms with Gasteiger partial charge in [0.15, 0.2) is 0 Å². The molecule has 0 heterocycles. The van der Waals surface area contributed by atoms with Gasteiger partial charge in [-0.05, 0) is 32.6 Å². The van der Waals surface area contributed by atoms with E-state index in [4.69, 9.17) is 0 Å². The first kappa shape index (κ1) is 11.9. The fourth-order valence-electron chi connectivity index (χ4n) is 2.97. The van der Waals surface area contributed by atoms with Crippen molar-refractivity contribution in [2.45, 2.75) is 69.9 Å². The summed E-state index contributed by atoms with van der Waals surface area (Å²) in [6, 6.07) is 0.450. The zero-order chi connectivity index (χ0) is 11.4. The third-order valence-corrected chi connectivity index (χ3v) is 4.10. The van der Waals surface area contributed by atoms with Crippen LogP contribution in [0.1, 0.15) is 58.3 Å². The second kappa shape index (κ2) is 5.17. The number of rotatable bonds is 4. The van der Waals surface area contributed by atoms with E-state index in [1.54, 1.807) is 0 Å². The molecule has 0 aliphatic heterocycles.